The van der Waals surface area contributed by atoms with Crippen molar-refractivity contribution in [3.63, 3.8) is 0 Å². The molecule has 0 saturated heterocycles. The first kappa shape index (κ1) is 26.8. The molecular weight excluding hydrogens is 538 g/mol. The van der Waals surface area contributed by atoms with Crippen LogP contribution in [0, 0.1) is 0 Å². The highest BCUT2D eigenvalue weighted by Gasteiger charge is 2.39. The van der Waals surface area contributed by atoms with Crippen molar-refractivity contribution in [3.8, 4) is 17.1 Å². The van der Waals surface area contributed by atoms with Crippen LogP contribution >= 0.6 is 23.2 Å². The lowest BCUT2D eigenvalue weighted by atomic mass is 10.2. The van der Waals surface area contributed by atoms with Gasteiger partial charge in [-0.3, -0.25) is 4.57 Å². The third kappa shape index (κ3) is 5.70. The smallest absolute Gasteiger partial charge is 0.394 e. The van der Waals surface area contributed by atoms with Crippen LogP contribution < -0.4 is 11.4 Å². The van der Waals surface area contributed by atoms with E-state index in [0.29, 0.717) is 25.9 Å². The molecule has 196 valence electrons. The lowest BCUT2D eigenvalue weighted by Gasteiger charge is -2.15. The van der Waals surface area contributed by atoms with Crippen molar-refractivity contribution in [2.45, 2.75) is 31.4 Å². The van der Waals surface area contributed by atoms with Crippen LogP contribution in [0.25, 0.3) is 17.1 Å². The van der Waals surface area contributed by atoms with Crippen LogP contribution in [0.3, 0.4) is 0 Å². The monoisotopic (exact) mass is 557 g/mol. The Morgan fingerprint density at radius 3 is 2.35 bits per heavy atom. The van der Waals surface area contributed by atoms with E-state index < -0.39 is 37.2 Å². The summed E-state index contributed by atoms with van der Waals surface area (Å²) in [7, 11) is 0. The summed E-state index contributed by atoms with van der Waals surface area (Å²) in [5, 5.41) is 28.4. The molecule has 4 aromatic rings. The summed E-state index contributed by atoms with van der Waals surface area (Å²) in [6.45, 7) is -1.90. The van der Waals surface area contributed by atoms with Crippen LogP contribution in [0.15, 0.2) is 53.3 Å². The molecule has 2 aromatic heterocycles. The predicted molar refractivity (Wildman–Crippen MR) is 128 cm³/mol. The van der Waals surface area contributed by atoms with Crippen molar-refractivity contribution in [1.82, 2.24) is 29.1 Å². The molecule has 0 aliphatic carbocycles. The molecule has 2 aromatic carbocycles. The highest BCUT2D eigenvalue weighted by atomic mass is 35.5. The van der Waals surface area contributed by atoms with Gasteiger partial charge in [-0.25, -0.2) is 19.1 Å². The molecule has 37 heavy (non-hydrogen) atoms. The van der Waals surface area contributed by atoms with Crippen LogP contribution in [-0.2, 0) is 13.1 Å². The average Bonchev–Trinajstić information content (AvgIpc) is 3.40. The van der Waals surface area contributed by atoms with Gasteiger partial charge < -0.3 is 15.9 Å². The van der Waals surface area contributed by atoms with Gasteiger partial charge in [0.25, 0.3) is 0 Å². The number of aromatic nitrogens is 6. The largest absolute Gasteiger partial charge is 0.416 e. The van der Waals surface area contributed by atoms with E-state index in [2.05, 4.69) is 15.2 Å². The SMILES string of the molecule is N[C@@H](CO)c1nc(Cn2nc(-c3ccc(Cl)cc3)n(C[C@H](O)C(F)(F)F)c2=O)nn1-c1ccccc1Cl. The molecule has 10 nitrogen and oxygen atoms in total. The van der Waals surface area contributed by atoms with E-state index in [9.17, 15) is 28.2 Å². The number of hydrogen-bond acceptors (Lipinski definition) is 7. The topological polar surface area (TPSA) is 137 Å². The molecule has 0 fully saturated rings. The fraction of sp³-hybridized carbons (Fsp3) is 0.273. The third-order valence-corrected chi connectivity index (χ3v) is 5.91. The zero-order valence-corrected chi connectivity index (χ0v) is 20.4. The van der Waals surface area contributed by atoms with Crippen LogP contribution in [0.5, 0.6) is 0 Å². The van der Waals surface area contributed by atoms with E-state index in [1.54, 1.807) is 24.3 Å². The molecule has 4 N–H and O–H groups in total. The second-order valence-corrected chi connectivity index (χ2v) is 8.82. The first-order chi connectivity index (χ1) is 17.5. The number of hydrogen-bond donors (Lipinski definition) is 3. The first-order valence-corrected chi connectivity index (χ1v) is 11.5. The molecule has 0 bridgehead atoms. The van der Waals surface area contributed by atoms with Crippen molar-refractivity contribution in [2.75, 3.05) is 6.61 Å². The zero-order chi connectivity index (χ0) is 26.9. The normalized spacial score (nSPS) is 13.6. The van der Waals surface area contributed by atoms with Crippen LogP contribution in [0.1, 0.15) is 17.7 Å². The van der Waals surface area contributed by atoms with Gasteiger partial charge in [0.15, 0.2) is 23.6 Å². The maximum atomic E-state index is 13.1. The Bertz CT molecular complexity index is 1450. The first-order valence-electron chi connectivity index (χ1n) is 10.7. The van der Waals surface area contributed by atoms with Crippen molar-refractivity contribution >= 4 is 23.2 Å². The standard InChI is InChI=1S/C22H20Cl2F3N7O3/c23-13-7-5-12(6-8-13)19-31-33(21(37)32(19)9-17(36)22(25,26)27)10-18-29-20(15(28)11-35)34(30-18)16-4-2-1-3-14(16)24/h1-8,15,17,35-36H,9-11,28H2/t15-,17-/m0/s1. The Kier molecular flexibility index (Phi) is 7.71. The van der Waals surface area contributed by atoms with Gasteiger partial charge in [0.05, 0.1) is 29.9 Å². The highest BCUT2D eigenvalue weighted by Crippen LogP contribution is 2.25. The zero-order valence-electron chi connectivity index (χ0n) is 18.8. The quantitative estimate of drug-likeness (QED) is 0.302. The number of nitrogens with zero attached hydrogens (tertiary/aromatic N) is 6. The Labute approximate surface area is 217 Å². The fourth-order valence-corrected chi connectivity index (χ4v) is 3.83. The molecule has 2 heterocycles. The van der Waals surface area contributed by atoms with E-state index in [-0.39, 0.29) is 24.0 Å². The van der Waals surface area contributed by atoms with Gasteiger partial charge >= 0.3 is 11.9 Å². The maximum Gasteiger partial charge on any atom is 0.416 e. The summed E-state index contributed by atoms with van der Waals surface area (Å²) in [5.74, 6) is 0.0517. The number of aliphatic hydroxyl groups excluding tert-OH is 2. The maximum absolute atomic E-state index is 13.1. The molecule has 15 heteroatoms. The number of rotatable bonds is 8. The van der Waals surface area contributed by atoms with Crippen LogP contribution in [-0.4, -0.2) is 58.2 Å². The van der Waals surface area contributed by atoms with Gasteiger partial charge in [0.2, 0.25) is 0 Å². The number of halogens is 5. The van der Waals surface area contributed by atoms with Crippen molar-refractivity contribution in [3.05, 3.63) is 80.7 Å². The molecular formula is C22H20Cl2F3N7O3. The molecule has 0 aliphatic rings. The summed E-state index contributed by atoms with van der Waals surface area (Å²) in [6, 6.07) is 11.7. The van der Waals surface area contributed by atoms with E-state index in [1.165, 1.54) is 28.9 Å². The minimum atomic E-state index is -4.95. The molecule has 0 radical (unpaired) electrons. The second kappa shape index (κ2) is 10.6. The van der Waals surface area contributed by atoms with E-state index in [1.807, 2.05) is 0 Å². The minimum Gasteiger partial charge on any atom is -0.394 e. The van der Waals surface area contributed by atoms with E-state index in [0.717, 1.165) is 4.68 Å². The summed E-state index contributed by atoms with van der Waals surface area (Å²) in [4.78, 5) is 17.4. The van der Waals surface area contributed by atoms with Crippen molar-refractivity contribution in [2.24, 2.45) is 5.73 Å². The van der Waals surface area contributed by atoms with Crippen LogP contribution in [0.4, 0.5) is 13.2 Å². The lowest BCUT2D eigenvalue weighted by molar-refractivity contribution is -0.207. The molecule has 0 aliphatic heterocycles. The summed E-state index contributed by atoms with van der Waals surface area (Å²) in [5.41, 5.74) is 5.76. The molecule has 2 atom stereocenters. The molecule has 0 saturated carbocycles. The molecule has 0 unspecified atom stereocenters. The molecule has 4 rings (SSSR count). The molecule has 0 amide bonds. The lowest BCUT2D eigenvalue weighted by Crippen LogP contribution is -2.37. The Morgan fingerprint density at radius 2 is 1.73 bits per heavy atom. The number of aliphatic hydroxyl groups is 2. The second-order valence-electron chi connectivity index (χ2n) is 7.98. The fourth-order valence-electron chi connectivity index (χ4n) is 3.49. The van der Waals surface area contributed by atoms with Gasteiger partial charge in [0, 0.05) is 10.6 Å². The van der Waals surface area contributed by atoms with Gasteiger partial charge in [-0.05, 0) is 36.4 Å². The van der Waals surface area contributed by atoms with E-state index >= 15 is 0 Å². The Hall–Kier alpha value is -3.23. The summed E-state index contributed by atoms with van der Waals surface area (Å²) in [6.07, 6.45) is -7.76. The van der Waals surface area contributed by atoms with Gasteiger partial charge in [0.1, 0.15) is 6.54 Å². The Balaban J connectivity index is 1.78. The average molecular weight is 558 g/mol. The van der Waals surface area contributed by atoms with E-state index in [4.69, 9.17) is 28.9 Å². The number of nitrogens with two attached hydrogens (primary N) is 1. The van der Waals surface area contributed by atoms with Gasteiger partial charge in [-0.2, -0.15) is 13.2 Å². The number of alkyl halides is 3. The van der Waals surface area contributed by atoms with Gasteiger partial charge in [-0.15, -0.1) is 10.2 Å². The van der Waals surface area contributed by atoms with Gasteiger partial charge in [-0.1, -0.05) is 35.3 Å². The molecule has 0 spiro atoms. The summed E-state index contributed by atoms with van der Waals surface area (Å²) >= 11 is 12.2. The minimum absolute atomic E-state index is 0.0320. The predicted octanol–water partition coefficient (Wildman–Crippen LogP) is 2.56. The third-order valence-electron chi connectivity index (χ3n) is 5.33. The van der Waals surface area contributed by atoms with Crippen LogP contribution in [0.2, 0.25) is 10.0 Å². The van der Waals surface area contributed by atoms with Crippen molar-refractivity contribution in [1.29, 1.82) is 0 Å². The number of benzene rings is 2. The van der Waals surface area contributed by atoms with Crippen molar-refractivity contribution < 1.29 is 23.4 Å². The summed E-state index contributed by atoms with van der Waals surface area (Å²) < 4.78 is 42.1. The number of para-hydroxylation sites is 1. The Morgan fingerprint density at radius 1 is 1.05 bits per heavy atom. The highest BCUT2D eigenvalue weighted by molar-refractivity contribution is 6.32.